The van der Waals surface area contributed by atoms with Gasteiger partial charge in [0.2, 0.25) is 5.75 Å². The Hall–Kier alpha value is -3.68. The topological polar surface area (TPSA) is 96.6 Å². The molecular weight excluding hydrogens is 336 g/mol. The molecule has 2 N–H and O–H groups in total. The number of ether oxygens (including phenoxy) is 2. The molecule has 1 heterocycles. The fourth-order valence-corrected chi connectivity index (χ4v) is 2.41. The Morgan fingerprint density at radius 1 is 1.00 bits per heavy atom. The summed E-state index contributed by atoms with van der Waals surface area (Å²) in [7, 11) is 3.03. The van der Waals surface area contributed by atoms with Crippen molar-refractivity contribution in [3.05, 3.63) is 59.8 Å². The molecule has 0 fully saturated rings. The summed E-state index contributed by atoms with van der Waals surface area (Å²) in [5, 5.41) is 12.3. The van der Waals surface area contributed by atoms with Crippen LogP contribution in [0.3, 0.4) is 0 Å². The third-order valence-corrected chi connectivity index (χ3v) is 3.71. The lowest BCUT2D eigenvalue weighted by Crippen LogP contribution is -1.99. The standard InChI is InChI=1S/C18H17N4O4/c1-25-14-6-3-12(4-7-14)15-10-18(20-11-19-15)21-13-5-8-17(26-2)16(9-13)22(23)24/h3-11H,1-2H3,(H,23,24)(H,19,20,21)/q+1. The normalized spacial score (nSPS) is 10.2. The maximum Gasteiger partial charge on any atom is 0.360 e. The summed E-state index contributed by atoms with van der Waals surface area (Å²) in [6, 6.07) is 14.0. The van der Waals surface area contributed by atoms with Crippen LogP contribution < -0.4 is 14.8 Å². The van der Waals surface area contributed by atoms with E-state index in [1.165, 1.54) is 19.5 Å². The van der Waals surface area contributed by atoms with Crippen molar-refractivity contribution >= 4 is 17.2 Å². The van der Waals surface area contributed by atoms with Crippen LogP contribution in [0.15, 0.2) is 54.9 Å². The molecule has 0 amide bonds. The van der Waals surface area contributed by atoms with Gasteiger partial charge < -0.3 is 14.8 Å². The van der Waals surface area contributed by atoms with Crippen molar-refractivity contribution in [3.8, 4) is 22.8 Å². The number of nitrogens with zero attached hydrogens (tertiary/aromatic N) is 3. The minimum atomic E-state index is -0.243. The van der Waals surface area contributed by atoms with Gasteiger partial charge in [0, 0.05) is 23.4 Å². The molecule has 132 valence electrons. The lowest BCUT2D eigenvalue weighted by atomic mass is 10.1. The van der Waals surface area contributed by atoms with Crippen LogP contribution in [0.5, 0.6) is 11.5 Å². The summed E-state index contributed by atoms with van der Waals surface area (Å²) in [5.74, 6) is 1.56. The van der Waals surface area contributed by atoms with Gasteiger partial charge in [-0.2, -0.15) is 0 Å². The number of aromatic nitrogens is 2. The summed E-state index contributed by atoms with van der Waals surface area (Å²) < 4.78 is 10.2. The molecule has 0 aliphatic carbocycles. The Morgan fingerprint density at radius 2 is 1.77 bits per heavy atom. The van der Waals surface area contributed by atoms with Crippen molar-refractivity contribution in [2.75, 3.05) is 19.5 Å². The van der Waals surface area contributed by atoms with E-state index in [9.17, 15) is 10.1 Å². The zero-order valence-corrected chi connectivity index (χ0v) is 14.2. The Bertz CT molecular complexity index is 929. The smallest absolute Gasteiger partial charge is 0.360 e. The van der Waals surface area contributed by atoms with Gasteiger partial charge in [-0.15, -0.1) is 0 Å². The summed E-state index contributed by atoms with van der Waals surface area (Å²) >= 11 is 0. The Labute approximate surface area is 149 Å². The van der Waals surface area contributed by atoms with Crippen molar-refractivity contribution in [2.24, 2.45) is 0 Å². The number of anilines is 2. The Kier molecular flexibility index (Phi) is 4.93. The quantitative estimate of drug-likeness (QED) is 0.652. The number of nitrogens with one attached hydrogen (secondary N) is 1. The molecule has 0 bridgehead atoms. The van der Waals surface area contributed by atoms with Crippen molar-refractivity contribution in [1.82, 2.24) is 9.97 Å². The van der Waals surface area contributed by atoms with E-state index in [0.717, 1.165) is 17.0 Å². The Morgan fingerprint density at radius 3 is 2.42 bits per heavy atom. The van der Waals surface area contributed by atoms with Gasteiger partial charge in [-0.3, -0.25) is 0 Å². The van der Waals surface area contributed by atoms with Crippen molar-refractivity contribution in [1.29, 1.82) is 0 Å². The molecule has 3 rings (SSSR count). The Balaban J connectivity index is 1.87. The highest BCUT2D eigenvalue weighted by atomic mass is 16.6. The van der Waals surface area contributed by atoms with E-state index < -0.39 is 0 Å². The minimum absolute atomic E-state index is 0.0121. The molecule has 0 saturated heterocycles. The molecular formula is C18H17N4O4+. The van der Waals surface area contributed by atoms with Gasteiger partial charge in [-0.1, -0.05) is 0 Å². The molecule has 0 saturated carbocycles. The maximum atomic E-state index is 11.2. The second-order valence-corrected chi connectivity index (χ2v) is 5.30. The molecule has 0 spiro atoms. The third kappa shape index (κ3) is 3.69. The van der Waals surface area contributed by atoms with Crippen LogP contribution in [0.25, 0.3) is 11.3 Å². The van der Waals surface area contributed by atoms with E-state index in [-0.39, 0.29) is 16.4 Å². The highest BCUT2D eigenvalue weighted by Crippen LogP contribution is 2.31. The lowest BCUT2D eigenvalue weighted by molar-refractivity contribution is -0.730. The van der Waals surface area contributed by atoms with Crippen molar-refractivity contribution in [2.45, 2.75) is 0 Å². The first-order valence-electron chi connectivity index (χ1n) is 7.68. The molecule has 3 aromatic rings. The molecule has 1 aromatic heterocycles. The first-order valence-corrected chi connectivity index (χ1v) is 7.68. The number of hydrogen-bond donors (Lipinski definition) is 2. The van der Waals surface area contributed by atoms with E-state index in [1.807, 2.05) is 24.3 Å². The van der Waals surface area contributed by atoms with Crippen LogP contribution >= 0.6 is 0 Å². The first kappa shape index (κ1) is 17.2. The molecule has 0 unspecified atom stereocenters. The van der Waals surface area contributed by atoms with E-state index in [1.54, 1.807) is 25.3 Å². The minimum Gasteiger partial charge on any atom is -0.497 e. The van der Waals surface area contributed by atoms with Crippen molar-refractivity contribution < 1.29 is 19.6 Å². The predicted molar refractivity (Wildman–Crippen MR) is 95.4 cm³/mol. The average Bonchev–Trinajstić information content (AvgIpc) is 2.68. The summed E-state index contributed by atoms with van der Waals surface area (Å²) in [4.78, 5) is 19.5. The SMILES string of the molecule is COc1ccc(-c2cc(Nc3ccc(OC)c([N+](=O)O)c3)ncn2)cc1. The highest BCUT2D eigenvalue weighted by molar-refractivity contribution is 5.67. The van der Waals surface area contributed by atoms with Gasteiger partial charge in [-0.05, 0) is 36.4 Å². The summed E-state index contributed by atoms with van der Waals surface area (Å²) in [6.07, 6.45) is 1.44. The largest absolute Gasteiger partial charge is 0.497 e. The van der Waals surface area contributed by atoms with Gasteiger partial charge in [0.1, 0.15) is 17.9 Å². The molecule has 2 aromatic carbocycles. The molecule has 8 nitrogen and oxygen atoms in total. The molecule has 8 heteroatoms. The summed E-state index contributed by atoms with van der Waals surface area (Å²) in [5.41, 5.74) is 2.19. The lowest BCUT2D eigenvalue weighted by Gasteiger charge is -2.08. The van der Waals surface area contributed by atoms with Crippen LogP contribution in [0.2, 0.25) is 0 Å². The van der Waals surface area contributed by atoms with Crippen LogP contribution in [-0.2, 0) is 0 Å². The second kappa shape index (κ2) is 7.47. The predicted octanol–water partition coefficient (Wildman–Crippen LogP) is 3.70. The van der Waals surface area contributed by atoms with Crippen LogP contribution in [0.4, 0.5) is 17.2 Å². The molecule has 0 atom stereocenters. The van der Waals surface area contributed by atoms with Crippen LogP contribution in [0, 0.1) is 4.91 Å². The van der Waals surface area contributed by atoms with Crippen molar-refractivity contribution in [3.63, 3.8) is 0 Å². The first-order chi connectivity index (χ1) is 12.6. The molecule has 0 aliphatic rings. The van der Waals surface area contributed by atoms with Gasteiger partial charge in [0.25, 0.3) is 4.92 Å². The highest BCUT2D eigenvalue weighted by Gasteiger charge is 2.20. The van der Waals surface area contributed by atoms with Gasteiger partial charge in [-0.25, -0.2) is 15.2 Å². The fraction of sp³-hybridized carbons (Fsp3) is 0.111. The summed E-state index contributed by atoms with van der Waals surface area (Å²) in [6.45, 7) is 0. The zero-order chi connectivity index (χ0) is 18.5. The monoisotopic (exact) mass is 353 g/mol. The maximum absolute atomic E-state index is 11.2. The van der Waals surface area contributed by atoms with E-state index in [0.29, 0.717) is 11.5 Å². The number of benzene rings is 2. The van der Waals surface area contributed by atoms with E-state index in [4.69, 9.17) is 9.47 Å². The van der Waals surface area contributed by atoms with Gasteiger partial charge >= 0.3 is 5.69 Å². The fourth-order valence-electron chi connectivity index (χ4n) is 2.41. The van der Waals surface area contributed by atoms with Gasteiger partial charge in [0.15, 0.2) is 0 Å². The molecule has 0 aliphatic heterocycles. The van der Waals surface area contributed by atoms with E-state index >= 15 is 0 Å². The third-order valence-electron chi connectivity index (χ3n) is 3.71. The number of rotatable bonds is 6. The van der Waals surface area contributed by atoms with Crippen LogP contribution in [0.1, 0.15) is 0 Å². The number of methoxy groups -OCH3 is 2. The molecule has 26 heavy (non-hydrogen) atoms. The average molecular weight is 353 g/mol. The zero-order valence-electron chi connectivity index (χ0n) is 14.2. The number of hydrogen-bond acceptors (Lipinski definition) is 6. The van der Waals surface area contributed by atoms with Crippen LogP contribution in [-0.4, -0.2) is 34.3 Å². The van der Waals surface area contributed by atoms with Gasteiger partial charge in [0.05, 0.1) is 24.8 Å². The molecule has 0 radical (unpaired) electrons. The van der Waals surface area contributed by atoms with E-state index in [2.05, 4.69) is 15.3 Å². The second-order valence-electron chi connectivity index (χ2n) is 5.30.